The molecule has 1 unspecified atom stereocenters. The van der Waals surface area contributed by atoms with E-state index >= 15 is 0 Å². The van der Waals surface area contributed by atoms with E-state index in [1.165, 1.54) is 64.2 Å². The first-order valence-corrected chi connectivity index (χ1v) is 7.55. The van der Waals surface area contributed by atoms with Crippen molar-refractivity contribution < 1.29 is 0 Å². The molecule has 0 radical (unpaired) electrons. The van der Waals surface area contributed by atoms with Gasteiger partial charge in [-0.2, -0.15) is 12.6 Å². The lowest BCUT2D eigenvalue weighted by Gasteiger charge is -2.06. The smallest absolute Gasteiger partial charge is 0.00721 e. The molecule has 0 aromatic heterocycles. The Morgan fingerprint density at radius 3 is 1.73 bits per heavy atom. The molecule has 0 N–H and O–H groups in total. The molecule has 0 saturated carbocycles. The highest BCUT2D eigenvalue weighted by molar-refractivity contribution is 7.80. The monoisotopic (exact) mass is 230 g/mol. The molecule has 0 spiro atoms. The van der Waals surface area contributed by atoms with Crippen molar-refractivity contribution in [2.75, 3.05) is 5.75 Å². The maximum absolute atomic E-state index is 4.31. The summed E-state index contributed by atoms with van der Waals surface area (Å²) in [7, 11) is 0. The van der Waals surface area contributed by atoms with Crippen LogP contribution in [0.25, 0.3) is 0 Å². The van der Waals surface area contributed by atoms with Crippen molar-refractivity contribution in [3.63, 3.8) is 0 Å². The average molecular weight is 230 g/mol. The van der Waals surface area contributed by atoms with Crippen LogP contribution in [0.5, 0.6) is 0 Å². The molecule has 0 aromatic carbocycles. The summed E-state index contributed by atoms with van der Waals surface area (Å²) < 4.78 is 0. The standard InChI is InChI=1S/C14H30S/c1-3-4-5-6-7-8-9-10-11-12-14(2)13-15/h14-15H,3-13H2,1-2H3. The fraction of sp³-hybridized carbons (Fsp3) is 1.00. The molecule has 0 aromatic rings. The summed E-state index contributed by atoms with van der Waals surface area (Å²) in [6, 6.07) is 0. The zero-order valence-corrected chi connectivity index (χ0v) is 11.7. The lowest BCUT2D eigenvalue weighted by Crippen LogP contribution is -1.95. The van der Waals surface area contributed by atoms with Gasteiger partial charge in [-0.3, -0.25) is 0 Å². The van der Waals surface area contributed by atoms with Crippen LogP contribution in [0, 0.1) is 5.92 Å². The van der Waals surface area contributed by atoms with Crippen LogP contribution < -0.4 is 0 Å². The van der Waals surface area contributed by atoms with Crippen LogP contribution in [-0.4, -0.2) is 5.75 Å². The van der Waals surface area contributed by atoms with Crippen molar-refractivity contribution in [2.45, 2.75) is 78.1 Å². The van der Waals surface area contributed by atoms with Gasteiger partial charge in [-0.05, 0) is 18.1 Å². The van der Waals surface area contributed by atoms with Crippen LogP contribution in [-0.2, 0) is 0 Å². The van der Waals surface area contributed by atoms with Crippen LogP contribution in [0.1, 0.15) is 78.1 Å². The summed E-state index contributed by atoms with van der Waals surface area (Å²) in [6.45, 7) is 4.58. The van der Waals surface area contributed by atoms with Crippen LogP contribution in [0.4, 0.5) is 0 Å². The Balaban J connectivity index is 2.92. The Kier molecular flexibility index (Phi) is 12.7. The highest BCUT2D eigenvalue weighted by Crippen LogP contribution is 2.13. The van der Waals surface area contributed by atoms with E-state index in [0.717, 1.165) is 11.7 Å². The molecule has 15 heavy (non-hydrogen) atoms. The van der Waals surface area contributed by atoms with E-state index in [1.54, 1.807) is 0 Å². The Morgan fingerprint density at radius 2 is 1.27 bits per heavy atom. The highest BCUT2D eigenvalue weighted by Gasteiger charge is 1.98. The van der Waals surface area contributed by atoms with Crippen LogP contribution in [0.15, 0.2) is 0 Å². The normalized spacial score (nSPS) is 13.0. The molecule has 0 aliphatic carbocycles. The Bertz CT molecular complexity index is 112. The van der Waals surface area contributed by atoms with E-state index < -0.39 is 0 Å². The molecule has 0 fully saturated rings. The van der Waals surface area contributed by atoms with Gasteiger partial charge in [-0.15, -0.1) is 0 Å². The van der Waals surface area contributed by atoms with Crippen molar-refractivity contribution in [3.8, 4) is 0 Å². The molecule has 1 atom stereocenters. The van der Waals surface area contributed by atoms with Crippen molar-refractivity contribution in [3.05, 3.63) is 0 Å². The molecule has 0 heterocycles. The molecular weight excluding hydrogens is 200 g/mol. The summed E-state index contributed by atoms with van der Waals surface area (Å²) >= 11 is 4.31. The zero-order valence-electron chi connectivity index (χ0n) is 10.8. The molecule has 0 rings (SSSR count). The summed E-state index contributed by atoms with van der Waals surface area (Å²) in [6.07, 6.45) is 14.3. The second-order valence-corrected chi connectivity index (χ2v) is 5.27. The third-order valence-corrected chi connectivity index (χ3v) is 3.74. The number of thiol groups is 1. The van der Waals surface area contributed by atoms with E-state index in [1.807, 2.05) is 0 Å². The van der Waals surface area contributed by atoms with Gasteiger partial charge in [-0.1, -0.05) is 71.6 Å². The van der Waals surface area contributed by atoms with Gasteiger partial charge in [0.15, 0.2) is 0 Å². The van der Waals surface area contributed by atoms with Gasteiger partial charge >= 0.3 is 0 Å². The summed E-state index contributed by atoms with van der Waals surface area (Å²) in [5.74, 6) is 1.87. The van der Waals surface area contributed by atoms with E-state index in [-0.39, 0.29) is 0 Å². The summed E-state index contributed by atoms with van der Waals surface area (Å²) in [5, 5.41) is 0. The second-order valence-electron chi connectivity index (χ2n) is 4.90. The first-order valence-electron chi connectivity index (χ1n) is 6.92. The highest BCUT2D eigenvalue weighted by atomic mass is 32.1. The van der Waals surface area contributed by atoms with Gasteiger partial charge < -0.3 is 0 Å². The predicted molar refractivity (Wildman–Crippen MR) is 74.9 cm³/mol. The van der Waals surface area contributed by atoms with E-state index in [2.05, 4.69) is 26.5 Å². The molecule has 92 valence electrons. The molecule has 0 nitrogen and oxygen atoms in total. The van der Waals surface area contributed by atoms with Crippen LogP contribution in [0.2, 0.25) is 0 Å². The molecule has 0 saturated heterocycles. The van der Waals surface area contributed by atoms with Crippen molar-refractivity contribution in [1.82, 2.24) is 0 Å². The number of hydrogen-bond donors (Lipinski definition) is 1. The fourth-order valence-corrected chi connectivity index (χ4v) is 2.08. The second kappa shape index (κ2) is 12.4. The van der Waals surface area contributed by atoms with Crippen LogP contribution >= 0.6 is 12.6 Å². The Labute approximate surface area is 103 Å². The van der Waals surface area contributed by atoms with Gasteiger partial charge in [0, 0.05) is 0 Å². The quantitative estimate of drug-likeness (QED) is 0.353. The molecule has 1 heteroatoms. The van der Waals surface area contributed by atoms with Crippen molar-refractivity contribution in [1.29, 1.82) is 0 Å². The minimum Gasteiger partial charge on any atom is -0.179 e. The average Bonchev–Trinajstić information content (AvgIpc) is 2.26. The largest absolute Gasteiger partial charge is 0.179 e. The van der Waals surface area contributed by atoms with Gasteiger partial charge in [0.2, 0.25) is 0 Å². The van der Waals surface area contributed by atoms with Gasteiger partial charge in [-0.25, -0.2) is 0 Å². The predicted octanol–water partition coefficient (Wildman–Crippen LogP) is 5.47. The van der Waals surface area contributed by atoms with Gasteiger partial charge in [0.1, 0.15) is 0 Å². The number of rotatable bonds is 11. The SMILES string of the molecule is CCCCCCCCCCCC(C)CS. The lowest BCUT2D eigenvalue weighted by atomic mass is 10.0. The van der Waals surface area contributed by atoms with E-state index in [9.17, 15) is 0 Å². The van der Waals surface area contributed by atoms with Crippen molar-refractivity contribution >= 4 is 12.6 Å². The molecule has 0 bridgehead atoms. The van der Waals surface area contributed by atoms with Crippen LogP contribution in [0.3, 0.4) is 0 Å². The maximum atomic E-state index is 4.31. The molecular formula is C14H30S. The first kappa shape index (κ1) is 15.3. The third kappa shape index (κ3) is 12.3. The fourth-order valence-electron chi connectivity index (χ4n) is 1.89. The zero-order chi connectivity index (χ0) is 11.4. The minimum absolute atomic E-state index is 0.817. The molecule has 0 amide bonds. The Morgan fingerprint density at radius 1 is 0.800 bits per heavy atom. The van der Waals surface area contributed by atoms with E-state index in [0.29, 0.717) is 0 Å². The molecule has 0 aliphatic rings. The first-order chi connectivity index (χ1) is 7.31. The van der Waals surface area contributed by atoms with Gasteiger partial charge in [0.25, 0.3) is 0 Å². The summed E-state index contributed by atoms with van der Waals surface area (Å²) in [4.78, 5) is 0. The topological polar surface area (TPSA) is 0 Å². The van der Waals surface area contributed by atoms with Crippen molar-refractivity contribution in [2.24, 2.45) is 5.92 Å². The van der Waals surface area contributed by atoms with Gasteiger partial charge in [0.05, 0.1) is 0 Å². The Hall–Kier alpha value is 0.350. The number of hydrogen-bond acceptors (Lipinski definition) is 1. The lowest BCUT2D eigenvalue weighted by molar-refractivity contribution is 0.511. The summed E-state index contributed by atoms with van der Waals surface area (Å²) in [5.41, 5.74) is 0. The van der Waals surface area contributed by atoms with E-state index in [4.69, 9.17) is 0 Å². The third-order valence-electron chi connectivity index (χ3n) is 3.11. The molecule has 0 aliphatic heterocycles. The maximum Gasteiger partial charge on any atom is -0.00721 e. The minimum atomic E-state index is 0.817. The number of unbranched alkanes of at least 4 members (excludes halogenated alkanes) is 8.